The van der Waals surface area contributed by atoms with Crippen LogP contribution < -0.4 is 5.32 Å². The highest BCUT2D eigenvalue weighted by Gasteiger charge is 2.45. The van der Waals surface area contributed by atoms with Crippen molar-refractivity contribution in [2.45, 2.75) is 57.9 Å². The van der Waals surface area contributed by atoms with Gasteiger partial charge in [0.1, 0.15) is 5.69 Å². The maximum absolute atomic E-state index is 13.7. The molecular formula is C29H31F3N2O4. The number of unbranched alkanes of at least 4 members (excludes halogenated alkanes) is 1. The van der Waals surface area contributed by atoms with Gasteiger partial charge in [-0.3, -0.25) is 9.59 Å². The van der Waals surface area contributed by atoms with E-state index in [4.69, 9.17) is 4.74 Å². The fraction of sp³-hybridized carbons (Fsp3) is 0.379. The van der Waals surface area contributed by atoms with E-state index in [1.807, 2.05) is 41.8 Å². The van der Waals surface area contributed by atoms with Gasteiger partial charge in [-0.25, -0.2) is 0 Å². The molecule has 0 bridgehead atoms. The van der Waals surface area contributed by atoms with E-state index < -0.39 is 29.5 Å². The maximum atomic E-state index is 13.7. The number of carbonyl (C=O) groups is 2. The predicted octanol–water partition coefficient (Wildman–Crippen LogP) is 6.51. The Hall–Kier alpha value is -3.59. The van der Waals surface area contributed by atoms with Crippen molar-refractivity contribution in [1.29, 1.82) is 0 Å². The van der Waals surface area contributed by atoms with Crippen molar-refractivity contribution in [1.82, 2.24) is 4.57 Å². The standard InChI is InChI=1S/C29H31F3N2O4/c1-2-3-14-34-21(13-15-38-18-19-7-5-4-6-8-19)10-12-26(34)27(35)33-25-16-20(22-17-23(22)28(36)37)9-11-24(25)29(30,31)32/h4-12,16,22-23H,2-3,13-15,17-18H2,1H3,(H,33,35)(H,36,37)/t22-,23-/m1/s1. The van der Waals surface area contributed by atoms with E-state index in [2.05, 4.69) is 5.32 Å². The number of anilines is 1. The molecule has 4 rings (SSSR count). The normalized spacial score (nSPS) is 16.8. The third kappa shape index (κ3) is 6.64. The van der Waals surface area contributed by atoms with E-state index in [0.29, 0.717) is 38.2 Å². The van der Waals surface area contributed by atoms with Gasteiger partial charge in [0, 0.05) is 18.7 Å². The minimum absolute atomic E-state index is 0.268. The van der Waals surface area contributed by atoms with Crippen molar-refractivity contribution in [3.05, 3.63) is 88.7 Å². The third-order valence-corrected chi connectivity index (χ3v) is 6.79. The fourth-order valence-electron chi connectivity index (χ4n) is 4.61. The van der Waals surface area contributed by atoms with Gasteiger partial charge < -0.3 is 19.7 Å². The summed E-state index contributed by atoms with van der Waals surface area (Å²) in [5.74, 6) is -2.60. The van der Waals surface area contributed by atoms with Crippen LogP contribution in [0.3, 0.4) is 0 Å². The van der Waals surface area contributed by atoms with Crippen LogP contribution in [0.1, 0.15) is 65.0 Å². The number of benzene rings is 2. The molecule has 1 aliphatic carbocycles. The van der Waals surface area contributed by atoms with Crippen molar-refractivity contribution in [3.8, 4) is 0 Å². The summed E-state index contributed by atoms with van der Waals surface area (Å²) in [7, 11) is 0. The first-order chi connectivity index (χ1) is 18.2. The third-order valence-electron chi connectivity index (χ3n) is 6.79. The molecular weight excluding hydrogens is 497 g/mol. The van der Waals surface area contributed by atoms with Gasteiger partial charge in [0.05, 0.1) is 30.4 Å². The van der Waals surface area contributed by atoms with Crippen molar-refractivity contribution in [2.75, 3.05) is 11.9 Å². The van der Waals surface area contributed by atoms with Crippen molar-refractivity contribution < 1.29 is 32.6 Å². The number of carboxylic acid groups (broad SMARTS) is 1. The van der Waals surface area contributed by atoms with Gasteiger partial charge in [0.15, 0.2) is 0 Å². The average molecular weight is 529 g/mol. The zero-order chi connectivity index (χ0) is 27.3. The summed E-state index contributed by atoms with van der Waals surface area (Å²) in [5, 5.41) is 11.7. The van der Waals surface area contributed by atoms with Crippen molar-refractivity contribution in [3.63, 3.8) is 0 Å². The Labute approximate surface area is 219 Å². The molecule has 1 fully saturated rings. The van der Waals surface area contributed by atoms with Crippen LogP contribution in [0, 0.1) is 5.92 Å². The molecule has 1 amide bonds. The number of hydrogen-bond donors (Lipinski definition) is 2. The number of nitrogens with one attached hydrogen (secondary N) is 1. The zero-order valence-corrected chi connectivity index (χ0v) is 21.1. The maximum Gasteiger partial charge on any atom is 0.418 e. The highest BCUT2D eigenvalue weighted by molar-refractivity contribution is 6.04. The van der Waals surface area contributed by atoms with Crippen LogP contribution >= 0.6 is 0 Å². The van der Waals surface area contributed by atoms with Crippen LogP contribution in [-0.2, 0) is 35.3 Å². The molecule has 1 aliphatic rings. The molecule has 2 aromatic carbocycles. The molecule has 202 valence electrons. The lowest BCUT2D eigenvalue weighted by Crippen LogP contribution is -2.21. The number of rotatable bonds is 12. The number of alkyl halides is 3. The fourth-order valence-corrected chi connectivity index (χ4v) is 4.61. The van der Waals surface area contributed by atoms with E-state index in [-0.39, 0.29) is 17.3 Å². The van der Waals surface area contributed by atoms with E-state index in [9.17, 15) is 27.9 Å². The Balaban J connectivity index is 1.51. The molecule has 0 aliphatic heterocycles. The second-order valence-electron chi connectivity index (χ2n) is 9.55. The molecule has 1 heterocycles. The van der Waals surface area contributed by atoms with Gasteiger partial charge in [-0.05, 0) is 54.2 Å². The van der Waals surface area contributed by atoms with Crippen LogP contribution in [0.25, 0.3) is 0 Å². The van der Waals surface area contributed by atoms with Crippen LogP contribution in [0.2, 0.25) is 0 Å². The molecule has 38 heavy (non-hydrogen) atoms. The molecule has 0 unspecified atom stereocenters. The molecule has 1 aromatic heterocycles. The molecule has 3 aromatic rings. The number of hydrogen-bond acceptors (Lipinski definition) is 3. The lowest BCUT2D eigenvalue weighted by atomic mass is 10.0. The number of carboxylic acids is 1. The van der Waals surface area contributed by atoms with E-state index in [1.165, 1.54) is 12.1 Å². The molecule has 0 radical (unpaired) electrons. The Kier molecular flexibility index (Phi) is 8.56. The Morgan fingerprint density at radius 3 is 2.53 bits per heavy atom. The first-order valence-corrected chi connectivity index (χ1v) is 12.7. The predicted molar refractivity (Wildman–Crippen MR) is 137 cm³/mol. The summed E-state index contributed by atoms with van der Waals surface area (Å²) >= 11 is 0. The van der Waals surface area contributed by atoms with Gasteiger partial charge in [-0.2, -0.15) is 13.2 Å². The lowest BCUT2D eigenvalue weighted by molar-refractivity contribution is -0.139. The van der Waals surface area contributed by atoms with E-state index in [1.54, 1.807) is 12.1 Å². The Morgan fingerprint density at radius 2 is 1.87 bits per heavy atom. The minimum atomic E-state index is -4.68. The molecule has 0 spiro atoms. The number of amides is 1. The minimum Gasteiger partial charge on any atom is -0.481 e. The van der Waals surface area contributed by atoms with E-state index >= 15 is 0 Å². The molecule has 9 heteroatoms. The first-order valence-electron chi connectivity index (χ1n) is 12.7. The molecule has 6 nitrogen and oxygen atoms in total. The smallest absolute Gasteiger partial charge is 0.418 e. The summed E-state index contributed by atoms with van der Waals surface area (Å²) in [4.78, 5) is 24.5. The number of halogens is 3. The van der Waals surface area contributed by atoms with Crippen LogP contribution in [0.5, 0.6) is 0 Å². The Bertz CT molecular complexity index is 1270. The monoisotopic (exact) mass is 528 g/mol. The second-order valence-corrected chi connectivity index (χ2v) is 9.55. The summed E-state index contributed by atoms with van der Waals surface area (Å²) in [6, 6.07) is 16.6. The van der Waals surface area contributed by atoms with Crippen LogP contribution in [-0.4, -0.2) is 28.2 Å². The van der Waals surface area contributed by atoms with Gasteiger partial charge >= 0.3 is 12.1 Å². The average Bonchev–Trinajstić information content (AvgIpc) is 3.59. The molecule has 2 atom stereocenters. The summed E-state index contributed by atoms with van der Waals surface area (Å²) in [6.45, 7) is 3.46. The lowest BCUT2D eigenvalue weighted by Gasteiger charge is -2.17. The SMILES string of the molecule is CCCCn1c(CCOCc2ccccc2)ccc1C(=O)Nc1cc([C@H]2C[C@H]2C(=O)O)ccc1C(F)(F)F. The summed E-state index contributed by atoms with van der Waals surface area (Å²) in [6.07, 6.45) is -2.08. The van der Waals surface area contributed by atoms with Gasteiger partial charge in [-0.15, -0.1) is 0 Å². The molecule has 0 saturated heterocycles. The van der Waals surface area contributed by atoms with Gasteiger partial charge in [0.2, 0.25) is 0 Å². The highest BCUT2D eigenvalue weighted by atomic mass is 19.4. The second kappa shape index (κ2) is 11.9. The summed E-state index contributed by atoms with van der Waals surface area (Å²) in [5.41, 5.74) is 1.32. The largest absolute Gasteiger partial charge is 0.481 e. The number of aliphatic carboxylic acids is 1. The quantitative estimate of drug-likeness (QED) is 0.263. The number of ether oxygens (including phenoxy) is 1. The van der Waals surface area contributed by atoms with Gasteiger partial charge in [-0.1, -0.05) is 49.7 Å². The van der Waals surface area contributed by atoms with Crippen molar-refractivity contribution >= 4 is 17.6 Å². The summed E-state index contributed by atoms with van der Waals surface area (Å²) < 4.78 is 48.8. The van der Waals surface area contributed by atoms with Crippen LogP contribution in [0.15, 0.2) is 60.7 Å². The first kappa shape index (κ1) is 27.4. The number of nitrogens with zero attached hydrogens (tertiary/aromatic N) is 1. The zero-order valence-electron chi connectivity index (χ0n) is 21.1. The number of aromatic nitrogens is 1. The van der Waals surface area contributed by atoms with Crippen molar-refractivity contribution in [2.24, 2.45) is 5.92 Å². The number of carbonyl (C=O) groups excluding carboxylic acids is 1. The van der Waals surface area contributed by atoms with Crippen LogP contribution in [0.4, 0.5) is 18.9 Å². The van der Waals surface area contributed by atoms with E-state index in [0.717, 1.165) is 30.2 Å². The highest BCUT2D eigenvalue weighted by Crippen LogP contribution is 2.49. The molecule has 1 saturated carbocycles. The molecule has 2 N–H and O–H groups in total. The Morgan fingerprint density at radius 1 is 1.11 bits per heavy atom. The topological polar surface area (TPSA) is 80.6 Å². The van der Waals surface area contributed by atoms with Gasteiger partial charge in [0.25, 0.3) is 5.91 Å².